The van der Waals surface area contributed by atoms with Crippen molar-refractivity contribution in [1.29, 1.82) is 0 Å². The summed E-state index contributed by atoms with van der Waals surface area (Å²) in [4.78, 5) is 0. The van der Waals surface area contributed by atoms with Gasteiger partial charge in [-0.3, -0.25) is 0 Å². The normalized spacial score (nSPS) is 14.6. The fraction of sp³-hybridized carbons (Fsp3) is 0.294. The Bertz CT molecular complexity index is 568. The number of hydrogen-bond acceptors (Lipinski definition) is 2. The van der Waals surface area contributed by atoms with Crippen LogP contribution in [0.1, 0.15) is 35.4 Å². The van der Waals surface area contributed by atoms with E-state index in [0.29, 0.717) is 0 Å². The van der Waals surface area contributed by atoms with Gasteiger partial charge in [0, 0.05) is 0 Å². The standard InChI is InChI=1S/C17H18O2/c18-10-16-8-7-15(9-17(16)11-19)14-5-3-13(4-6-14)12-1-2-12/h3-9,12,18-19H,1-2,10-11H2. The van der Waals surface area contributed by atoms with E-state index in [1.807, 2.05) is 18.2 Å². The summed E-state index contributed by atoms with van der Waals surface area (Å²) in [5.41, 5.74) is 5.26. The van der Waals surface area contributed by atoms with Crippen molar-refractivity contribution < 1.29 is 10.2 Å². The molecule has 0 aromatic heterocycles. The molecular formula is C17H18O2. The van der Waals surface area contributed by atoms with Crippen molar-refractivity contribution in [2.45, 2.75) is 32.0 Å². The average Bonchev–Trinajstić information content (AvgIpc) is 3.31. The maximum Gasteiger partial charge on any atom is 0.0685 e. The zero-order valence-electron chi connectivity index (χ0n) is 10.8. The second-order valence-electron chi connectivity index (χ2n) is 5.20. The molecule has 2 aromatic carbocycles. The molecule has 0 amide bonds. The largest absolute Gasteiger partial charge is 0.392 e. The first kappa shape index (κ1) is 12.4. The lowest BCUT2D eigenvalue weighted by Gasteiger charge is -2.09. The zero-order valence-corrected chi connectivity index (χ0v) is 10.8. The quantitative estimate of drug-likeness (QED) is 0.879. The van der Waals surface area contributed by atoms with E-state index in [4.69, 9.17) is 0 Å². The molecule has 0 aliphatic heterocycles. The van der Waals surface area contributed by atoms with Crippen LogP contribution >= 0.6 is 0 Å². The Hall–Kier alpha value is -1.64. The van der Waals surface area contributed by atoms with E-state index in [-0.39, 0.29) is 13.2 Å². The number of aliphatic hydroxyl groups is 2. The van der Waals surface area contributed by atoms with Crippen LogP contribution in [0.3, 0.4) is 0 Å². The highest BCUT2D eigenvalue weighted by Gasteiger charge is 2.22. The van der Waals surface area contributed by atoms with E-state index in [0.717, 1.165) is 28.2 Å². The Morgan fingerprint density at radius 3 is 2.00 bits per heavy atom. The second-order valence-corrected chi connectivity index (χ2v) is 5.20. The lowest BCUT2D eigenvalue weighted by molar-refractivity contribution is 0.260. The topological polar surface area (TPSA) is 40.5 Å². The summed E-state index contributed by atoms with van der Waals surface area (Å²) in [5.74, 6) is 0.777. The molecule has 1 aliphatic rings. The van der Waals surface area contributed by atoms with Crippen LogP contribution in [0.2, 0.25) is 0 Å². The van der Waals surface area contributed by atoms with E-state index < -0.39 is 0 Å². The molecule has 1 saturated carbocycles. The Kier molecular flexibility index (Phi) is 3.36. The van der Waals surface area contributed by atoms with Crippen LogP contribution in [0.5, 0.6) is 0 Å². The maximum atomic E-state index is 9.33. The van der Waals surface area contributed by atoms with Gasteiger partial charge in [0.2, 0.25) is 0 Å². The zero-order chi connectivity index (χ0) is 13.2. The van der Waals surface area contributed by atoms with Crippen molar-refractivity contribution in [1.82, 2.24) is 0 Å². The summed E-state index contributed by atoms with van der Waals surface area (Å²) < 4.78 is 0. The summed E-state index contributed by atoms with van der Waals surface area (Å²) in [6.45, 7) is -0.0688. The minimum Gasteiger partial charge on any atom is -0.392 e. The molecule has 1 fully saturated rings. The number of benzene rings is 2. The molecule has 1 aliphatic carbocycles. The van der Waals surface area contributed by atoms with E-state index in [1.165, 1.54) is 18.4 Å². The molecular weight excluding hydrogens is 236 g/mol. The molecule has 0 spiro atoms. The molecule has 2 nitrogen and oxygen atoms in total. The van der Waals surface area contributed by atoms with Gasteiger partial charge in [-0.15, -0.1) is 0 Å². The van der Waals surface area contributed by atoms with Gasteiger partial charge < -0.3 is 10.2 Å². The molecule has 2 N–H and O–H groups in total. The van der Waals surface area contributed by atoms with Crippen LogP contribution in [0.25, 0.3) is 11.1 Å². The van der Waals surface area contributed by atoms with Gasteiger partial charge >= 0.3 is 0 Å². The first-order valence-electron chi connectivity index (χ1n) is 6.75. The molecule has 0 heterocycles. The predicted octanol–water partition coefficient (Wildman–Crippen LogP) is 3.22. The average molecular weight is 254 g/mol. The van der Waals surface area contributed by atoms with E-state index in [2.05, 4.69) is 24.3 Å². The van der Waals surface area contributed by atoms with Crippen molar-refractivity contribution in [2.24, 2.45) is 0 Å². The SMILES string of the molecule is OCc1ccc(-c2ccc(C3CC3)cc2)cc1CO. The van der Waals surface area contributed by atoms with Gasteiger partial charge in [-0.1, -0.05) is 36.4 Å². The summed E-state index contributed by atoms with van der Waals surface area (Å²) in [5, 5.41) is 18.5. The molecule has 2 heteroatoms. The highest BCUT2D eigenvalue weighted by atomic mass is 16.3. The Labute approximate surface area is 113 Å². The molecule has 0 unspecified atom stereocenters. The lowest BCUT2D eigenvalue weighted by atomic mass is 9.98. The van der Waals surface area contributed by atoms with Gasteiger partial charge in [-0.2, -0.15) is 0 Å². The minimum atomic E-state index is -0.0378. The monoisotopic (exact) mass is 254 g/mol. The van der Waals surface area contributed by atoms with Crippen molar-refractivity contribution in [3.63, 3.8) is 0 Å². The van der Waals surface area contributed by atoms with Crippen LogP contribution < -0.4 is 0 Å². The van der Waals surface area contributed by atoms with Crippen LogP contribution in [0.4, 0.5) is 0 Å². The van der Waals surface area contributed by atoms with Crippen molar-refractivity contribution in [2.75, 3.05) is 0 Å². The number of rotatable bonds is 4. The summed E-state index contributed by atoms with van der Waals surface area (Å²) >= 11 is 0. The molecule has 2 aromatic rings. The Morgan fingerprint density at radius 2 is 1.42 bits per heavy atom. The first-order valence-corrected chi connectivity index (χ1v) is 6.75. The second kappa shape index (κ2) is 5.16. The van der Waals surface area contributed by atoms with Crippen LogP contribution in [-0.2, 0) is 13.2 Å². The molecule has 98 valence electrons. The summed E-state index contributed by atoms with van der Waals surface area (Å²) in [6, 6.07) is 14.5. The third-order valence-corrected chi connectivity index (χ3v) is 3.84. The third kappa shape index (κ3) is 2.55. The Balaban J connectivity index is 1.92. The van der Waals surface area contributed by atoms with Crippen LogP contribution in [0.15, 0.2) is 42.5 Å². The lowest BCUT2D eigenvalue weighted by Crippen LogP contribution is -1.94. The van der Waals surface area contributed by atoms with Crippen molar-refractivity contribution >= 4 is 0 Å². The molecule has 19 heavy (non-hydrogen) atoms. The van der Waals surface area contributed by atoms with E-state index in [9.17, 15) is 10.2 Å². The van der Waals surface area contributed by atoms with Gasteiger partial charge in [-0.25, -0.2) is 0 Å². The Morgan fingerprint density at radius 1 is 0.789 bits per heavy atom. The summed E-state index contributed by atoms with van der Waals surface area (Å²) in [7, 11) is 0. The number of hydrogen-bond donors (Lipinski definition) is 2. The van der Waals surface area contributed by atoms with Gasteiger partial charge in [-0.05, 0) is 52.6 Å². The predicted molar refractivity (Wildman–Crippen MR) is 75.7 cm³/mol. The first-order chi connectivity index (χ1) is 9.31. The summed E-state index contributed by atoms with van der Waals surface area (Å²) in [6.07, 6.45) is 2.64. The fourth-order valence-corrected chi connectivity index (χ4v) is 2.47. The number of aliphatic hydroxyl groups excluding tert-OH is 2. The fourth-order valence-electron chi connectivity index (χ4n) is 2.47. The third-order valence-electron chi connectivity index (χ3n) is 3.84. The van der Waals surface area contributed by atoms with Gasteiger partial charge in [0.1, 0.15) is 0 Å². The molecule has 0 radical (unpaired) electrons. The van der Waals surface area contributed by atoms with Gasteiger partial charge in [0.05, 0.1) is 13.2 Å². The van der Waals surface area contributed by atoms with E-state index in [1.54, 1.807) is 0 Å². The van der Waals surface area contributed by atoms with Crippen molar-refractivity contribution in [3.05, 3.63) is 59.2 Å². The highest BCUT2D eigenvalue weighted by molar-refractivity contribution is 5.65. The van der Waals surface area contributed by atoms with Crippen LogP contribution in [0, 0.1) is 0 Å². The minimum absolute atomic E-state index is 0.0310. The molecule has 0 bridgehead atoms. The molecule has 0 atom stereocenters. The highest BCUT2D eigenvalue weighted by Crippen LogP contribution is 2.40. The molecule has 3 rings (SSSR count). The van der Waals surface area contributed by atoms with Gasteiger partial charge in [0.25, 0.3) is 0 Å². The maximum absolute atomic E-state index is 9.33. The van der Waals surface area contributed by atoms with Gasteiger partial charge in [0.15, 0.2) is 0 Å². The van der Waals surface area contributed by atoms with Crippen LogP contribution in [-0.4, -0.2) is 10.2 Å². The molecule has 0 saturated heterocycles. The van der Waals surface area contributed by atoms with E-state index >= 15 is 0 Å². The van der Waals surface area contributed by atoms with Crippen molar-refractivity contribution in [3.8, 4) is 11.1 Å². The smallest absolute Gasteiger partial charge is 0.0685 e.